The van der Waals surface area contributed by atoms with Crippen LogP contribution in [0.5, 0.6) is 0 Å². The third kappa shape index (κ3) is 5.40. The zero-order chi connectivity index (χ0) is 25.4. The second kappa shape index (κ2) is 9.12. The summed E-state index contributed by atoms with van der Waals surface area (Å²) >= 11 is 4.88. The quantitative estimate of drug-likeness (QED) is 0.272. The molecule has 1 aliphatic carbocycles. The highest BCUT2D eigenvalue weighted by Crippen LogP contribution is 2.36. The van der Waals surface area contributed by atoms with Gasteiger partial charge in [-0.3, -0.25) is 4.65 Å². The van der Waals surface area contributed by atoms with Crippen molar-refractivity contribution in [3.05, 3.63) is 70.5 Å². The van der Waals surface area contributed by atoms with Crippen molar-refractivity contribution in [3.63, 3.8) is 0 Å². The number of hydrogen-bond donors (Lipinski definition) is 2. The van der Waals surface area contributed by atoms with Gasteiger partial charge in [0, 0.05) is 27.8 Å². The van der Waals surface area contributed by atoms with Crippen LogP contribution >= 0.6 is 12.2 Å². The van der Waals surface area contributed by atoms with Crippen molar-refractivity contribution in [3.8, 4) is 11.3 Å². The lowest BCUT2D eigenvalue weighted by atomic mass is 9.91. The van der Waals surface area contributed by atoms with Crippen LogP contribution < -0.4 is 11.1 Å². The number of rotatable bonds is 5. The number of hydrogen-bond acceptors (Lipinski definition) is 6. The molecule has 2 amide bonds. The van der Waals surface area contributed by atoms with Crippen molar-refractivity contribution >= 4 is 29.1 Å². The lowest BCUT2D eigenvalue weighted by Gasteiger charge is -2.36. The molecule has 0 saturated heterocycles. The molecule has 34 heavy (non-hydrogen) atoms. The molecular weight excluding hydrogens is 488 g/mol. The van der Waals surface area contributed by atoms with Crippen LogP contribution in [-0.2, 0) is 0 Å². The minimum atomic E-state index is -4.84. The first-order valence-electron chi connectivity index (χ1n) is 9.34. The molecule has 3 N–H and O–H groups in total. The maximum absolute atomic E-state index is 14.2. The van der Waals surface area contributed by atoms with Crippen molar-refractivity contribution < 1.29 is 35.8 Å². The van der Waals surface area contributed by atoms with Crippen molar-refractivity contribution in [1.82, 2.24) is 9.97 Å². The Kier molecular flexibility index (Phi) is 6.78. The summed E-state index contributed by atoms with van der Waals surface area (Å²) < 4.78 is 80.5. The van der Waals surface area contributed by atoms with E-state index in [1.165, 1.54) is 0 Å². The number of aromatic nitrogens is 2. The fourth-order valence-electron chi connectivity index (χ4n) is 3.04. The average molecular weight is 503 g/mol. The zero-order valence-electron chi connectivity index (χ0n) is 17.2. The van der Waals surface area contributed by atoms with Crippen LogP contribution in [0.15, 0.2) is 47.8 Å². The number of amides is 2. The predicted molar refractivity (Wildman–Crippen MR) is 113 cm³/mol. The molecule has 180 valence electrons. The van der Waals surface area contributed by atoms with Gasteiger partial charge in [0.1, 0.15) is 29.8 Å². The Labute approximate surface area is 193 Å². The van der Waals surface area contributed by atoms with Crippen molar-refractivity contribution in [2.75, 3.05) is 18.9 Å². The predicted octanol–water partition coefficient (Wildman–Crippen LogP) is 4.37. The highest BCUT2D eigenvalue weighted by Gasteiger charge is 2.44. The molecule has 2 atom stereocenters. The molecule has 0 aliphatic heterocycles. The van der Waals surface area contributed by atoms with Crippen LogP contribution in [0.1, 0.15) is 0 Å². The van der Waals surface area contributed by atoms with E-state index in [0.717, 1.165) is 25.3 Å². The van der Waals surface area contributed by atoms with Gasteiger partial charge in [-0.25, -0.2) is 27.9 Å². The van der Waals surface area contributed by atoms with Crippen LogP contribution in [0.4, 0.5) is 37.1 Å². The van der Waals surface area contributed by atoms with Gasteiger partial charge in [0.2, 0.25) is 5.95 Å². The number of hydroxylamine groups is 3. The molecule has 2 aromatic rings. The van der Waals surface area contributed by atoms with E-state index < -0.39 is 68.8 Å². The average Bonchev–Trinajstić information content (AvgIpc) is 2.71. The van der Waals surface area contributed by atoms with Gasteiger partial charge in [0.25, 0.3) is 0 Å². The number of thiocarbonyl (C=S) groups is 1. The molecule has 3 rings (SSSR count). The number of urea groups is 1. The van der Waals surface area contributed by atoms with E-state index in [2.05, 4.69) is 15.3 Å². The van der Waals surface area contributed by atoms with E-state index in [0.29, 0.717) is 18.3 Å². The number of nitrogens with two attached hydrogens (primary N) is 1. The topological polar surface area (TPSA) is 104 Å². The molecular formula is C20H15F6N5O2S. The third-order valence-corrected chi connectivity index (χ3v) is 5.27. The van der Waals surface area contributed by atoms with Crippen LogP contribution in [0, 0.1) is 28.6 Å². The molecule has 0 bridgehead atoms. The number of halogens is 6. The van der Waals surface area contributed by atoms with E-state index in [1.807, 2.05) is 0 Å². The van der Waals surface area contributed by atoms with Gasteiger partial charge < -0.3 is 16.3 Å². The van der Waals surface area contributed by atoms with E-state index >= 15 is 0 Å². The maximum atomic E-state index is 14.2. The molecule has 0 spiro atoms. The van der Waals surface area contributed by atoms with E-state index in [-0.39, 0.29) is 11.3 Å². The lowest BCUT2D eigenvalue weighted by Crippen LogP contribution is -2.50. The lowest BCUT2D eigenvalue weighted by molar-refractivity contribution is -0.769. The number of nitrogens with one attached hydrogen (secondary N) is 1. The number of allylic oxidation sites excluding steroid dienone is 2. The largest absolute Gasteiger partial charge is 0.624 e. The Hall–Kier alpha value is -3.36. The van der Waals surface area contributed by atoms with Gasteiger partial charge in [-0.05, 0) is 24.3 Å². The number of benzene rings is 1. The Morgan fingerprint density at radius 1 is 1.26 bits per heavy atom. The summed E-state index contributed by atoms with van der Waals surface area (Å²) in [5.41, 5.74) is 3.47. The summed E-state index contributed by atoms with van der Waals surface area (Å²) in [6.45, 7) is -0.782. The van der Waals surface area contributed by atoms with Gasteiger partial charge in [-0.2, -0.15) is 13.2 Å². The third-order valence-electron chi connectivity index (χ3n) is 4.75. The number of quaternary nitrogens is 1. The highest BCUT2D eigenvalue weighted by atomic mass is 32.1. The highest BCUT2D eigenvalue weighted by molar-refractivity contribution is 7.81. The minimum Gasteiger partial charge on any atom is -0.624 e. The van der Waals surface area contributed by atoms with E-state index in [9.17, 15) is 36.3 Å². The summed E-state index contributed by atoms with van der Waals surface area (Å²) in [7, 11) is 0.854. The van der Waals surface area contributed by atoms with Crippen LogP contribution in [0.25, 0.3) is 11.3 Å². The van der Waals surface area contributed by atoms with Gasteiger partial charge in [-0.15, -0.1) is 0 Å². The minimum absolute atomic E-state index is 0.271. The Bertz CT molecular complexity index is 1230. The molecule has 1 heterocycles. The molecule has 14 heteroatoms. The van der Waals surface area contributed by atoms with E-state index in [1.54, 1.807) is 0 Å². The van der Waals surface area contributed by atoms with Crippen molar-refractivity contribution in [2.24, 2.45) is 11.7 Å². The first-order valence-corrected chi connectivity index (χ1v) is 9.74. The number of carbonyl (C=O) groups is 1. The number of nitrogens with zero attached hydrogens (tertiary/aromatic N) is 3. The number of likely N-dealkylation sites (N-methyl/N-ethyl adjacent to an activating group) is 1. The first-order chi connectivity index (χ1) is 15.7. The maximum Gasteiger partial charge on any atom is 0.414 e. The van der Waals surface area contributed by atoms with Crippen LogP contribution in [0.2, 0.25) is 0 Å². The van der Waals surface area contributed by atoms with E-state index in [4.69, 9.17) is 18.0 Å². The van der Waals surface area contributed by atoms with Gasteiger partial charge in [-0.1, -0.05) is 12.2 Å². The number of carbonyl (C=O) groups excluding carboxylic acids is 1. The fourth-order valence-corrected chi connectivity index (χ4v) is 3.36. The number of anilines is 1. The molecule has 1 aromatic heterocycles. The normalized spacial score (nSPS) is 18.1. The van der Waals surface area contributed by atoms with Crippen molar-refractivity contribution in [1.29, 1.82) is 0 Å². The molecule has 0 radical (unpaired) electrons. The smallest absolute Gasteiger partial charge is 0.414 e. The summed E-state index contributed by atoms with van der Waals surface area (Å²) in [6.07, 6.45) is -2.43. The van der Waals surface area contributed by atoms with Crippen molar-refractivity contribution in [2.45, 2.75) is 6.18 Å². The number of primary amides is 1. The summed E-state index contributed by atoms with van der Waals surface area (Å²) in [5.74, 6) is -5.82. The monoisotopic (exact) mass is 503 g/mol. The number of alkyl halides is 3. The molecule has 0 saturated carbocycles. The van der Waals surface area contributed by atoms with Gasteiger partial charge in [0.15, 0.2) is 5.82 Å². The summed E-state index contributed by atoms with van der Waals surface area (Å²) in [4.78, 5) is 18.1. The second-order valence-electron chi connectivity index (χ2n) is 7.41. The summed E-state index contributed by atoms with van der Waals surface area (Å²) in [6, 6.07) is 0.975. The first kappa shape index (κ1) is 25.3. The molecule has 0 fully saturated rings. The fraction of sp³-hybridized carbons (Fsp3) is 0.200. The molecule has 2 unspecified atom stereocenters. The van der Waals surface area contributed by atoms with Gasteiger partial charge in [0.05, 0.1) is 13.2 Å². The Balaban J connectivity index is 2.01. The summed E-state index contributed by atoms with van der Waals surface area (Å²) in [5, 5.41) is 14.7. The van der Waals surface area contributed by atoms with Gasteiger partial charge >= 0.3 is 12.2 Å². The SMILES string of the molecule is C[N+]([O-])(CC1=CC(Nc2ncc(F)c(-c3ccc(F)cc3F)n2)=CC(C(F)(F)F)C1=S)C(N)=O. The standard InChI is InChI=1S/C20H15F6N5O2S/c1-31(33,18(27)32)8-9-4-11(6-13(17(9)34)20(24,25)26)29-19-28-7-15(23)16(30-19)12-3-2-10(21)5-14(12)22/h2-7,13H,8H2,1H3,(H2,27,32)(H,28,29,30). The Morgan fingerprint density at radius 3 is 2.53 bits per heavy atom. The van der Waals surface area contributed by atoms with Crippen LogP contribution in [-0.4, -0.2) is 45.3 Å². The Morgan fingerprint density at radius 2 is 1.94 bits per heavy atom. The molecule has 7 nitrogen and oxygen atoms in total. The molecule has 1 aliphatic rings. The molecule has 1 aromatic carbocycles. The zero-order valence-corrected chi connectivity index (χ0v) is 18.0. The van der Waals surface area contributed by atoms with Crippen LogP contribution in [0.3, 0.4) is 0 Å². The second-order valence-corrected chi connectivity index (χ2v) is 7.85.